The quantitative estimate of drug-likeness (QED) is 0.680. The minimum Gasteiger partial charge on any atom is -0.354 e. The van der Waals surface area contributed by atoms with Crippen LogP contribution in [0, 0.1) is 12.7 Å². The Morgan fingerprint density at radius 1 is 1.19 bits per heavy atom. The van der Waals surface area contributed by atoms with Gasteiger partial charge in [0, 0.05) is 31.6 Å². The zero-order chi connectivity index (χ0) is 18.9. The molecule has 9 heteroatoms. The minimum absolute atomic E-state index is 0.0801. The maximum absolute atomic E-state index is 13.0. The normalized spacial score (nSPS) is 11.5. The molecule has 1 aromatic carbocycles. The first-order valence-corrected chi connectivity index (χ1v) is 9.67. The number of nitrogens with zero attached hydrogens (tertiary/aromatic N) is 5. The highest BCUT2D eigenvalue weighted by atomic mass is 32.2. The van der Waals surface area contributed by atoms with Crippen LogP contribution in [0.5, 0.6) is 0 Å². The summed E-state index contributed by atoms with van der Waals surface area (Å²) in [6, 6.07) is 5.99. The lowest BCUT2D eigenvalue weighted by Gasteiger charge is -2.20. The summed E-state index contributed by atoms with van der Waals surface area (Å²) in [6.07, 6.45) is 5.93. The van der Waals surface area contributed by atoms with Gasteiger partial charge in [-0.15, -0.1) is 0 Å². The molecule has 7 nitrogen and oxygen atoms in total. The summed E-state index contributed by atoms with van der Waals surface area (Å²) in [7, 11) is -1.70. The highest BCUT2D eigenvalue weighted by Gasteiger charge is 2.19. The second-order valence-corrected chi connectivity index (χ2v) is 7.99. The molecule has 0 radical (unpaired) electrons. The van der Waals surface area contributed by atoms with E-state index in [1.54, 1.807) is 48.1 Å². The summed E-state index contributed by atoms with van der Waals surface area (Å²) in [5.41, 5.74) is 1.59. The second kappa shape index (κ2) is 6.83. The van der Waals surface area contributed by atoms with Gasteiger partial charge in [0.15, 0.2) is 15.7 Å². The van der Waals surface area contributed by atoms with Crippen LogP contribution < -0.4 is 4.90 Å². The Morgan fingerprint density at radius 3 is 2.54 bits per heavy atom. The minimum atomic E-state index is -3.45. The van der Waals surface area contributed by atoms with Crippen molar-refractivity contribution in [2.45, 2.75) is 18.4 Å². The molecule has 0 fully saturated rings. The van der Waals surface area contributed by atoms with Crippen LogP contribution in [-0.4, -0.2) is 41.5 Å². The third-order valence-corrected chi connectivity index (χ3v) is 4.85. The molecule has 0 saturated carbocycles. The predicted octanol–water partition coefficient (Wildman–Crippen LogP) is 2.15. The SMILES string of the molecule is Cc1ncc(S(C)(=O)=O)c(N(C)Cc2cnn(-c3ccc(F)cc3)c2)n1. The Kier molecular flexibility index (Phi) is 4.73. The Morgan fingerprint density at radius 2 is 1.88 bits per heavy atom. The van der Waals surface area contributed by atoms with Gasteiger partial charge < -0.3 is 4.90 Å². The van der Waals surface area contributed by atoms with Crippen LogP contribution >= 0.6 is 0 Å². The summed E-state index contributed by atoms with van der Waals surface area (Å²) in [5.74, 6) is 0.518. The molecule has 0 spiro atoms. The van der Waals surface area contributed by atoms with E-state index in [0.29, 0.717) is 18.2 Å². The molecule has 3 aromatic rings. The number of hydrogen-bond donors (Lipinski definition) is 0. The average Bonchev–Trinajstić information content (AvgIpc) is 3.02. The van der Waals surface area contributed by atoms with Gasteiger partial charge in [0.2, 0.25) is 0 Å². The zero-order valence-corrected chi connectivity index (χ0v) is 15.4. The maximum Gasteiger partial charge on any atom is 0.180 e. The number of rotatable bonds is 5. The topological polar surface area (TPSA) is 81.0 Å². The summed E-state index contributed by atoms with van der Waals surface area (Å²) in [5, 5.41) is 4.27. The molecule has 2 heterocycles. The fourth-order valence-electron chi connectivity index (χ4n) is 2.51. The van der Waals surface area contributed by atoms with Crippen molar-refractivity contribution in [1.29, 1.82) is 0 Å². The van der Waals surface area contributed by atoms with E-state index in [1.807, 2.05) is 0 Å². The van der Waals surface area contributed by atoms with Crippen molar-refractivity contribution in [3.63, 3.8) is 0 Å². The number of aryl methyl sites for hydroxylation is 1. The Hall–Kier alpha value is -2.81. The molecule has 0 aliphatic carbocycles. The summed E-state index contributed by atoms with van der Waals surface area (Å²) >= 11 is 0. The van der Waals surface area contributed by atoms with Gasteiger partial charge in [-0.1, -0.05) is 0 Å². The van der Waals surface area contributed by atoms with Crippen molar-refractivity contribution in [2.75, 3.05) is 18.2 Å². The Labute approximate surface area is 151 Å². The first-order valence-electron chi connectivity index (χ1n) is 7.78. The van der Waals surface area contributed by atoms with Crippen LogP contribution in [0.2, 0.25) is 0 Å². The van der Waals surface area contributed by atoms with Gasteiger partial charge in [0.25, 0.3) is 0 Å². The molecule has 2 aromatic heterocycles. The predicted molar refractivity (Wildman–Crippen MR) is 95.5 cm³/mol. The van der Waals surface area contributed by atoms with Gasteiger partial charge in [-0.05, 0) is 31.2 Å². The average molecular weight is 375 g/mol. The van der Waals surface area contributed by atoms with Crippen LogP contribution in [0.1, 0.15) is 11.4 Å². The lowest BCUT2D eigenvalue weighted by molar-refractivity contribution is 0.600. The first-order chi connectivity index (χ1) is 12.2. The van der Waals surface area contributed by atoms with Crippen LogP contribution in [-0.2, 0) is 16.4 Å². The lowest BCUT2D eigenvalue weighted by Crippen LogP contribution is -2.21. The van der Waals surface area contributed by atoms with E-state index in [4.69, 9.17) is 0 Å². The van der Waals surface area contributed by atoms with Crippen LogP contribution in [0.25, 0.3) is 5.69 Å². The summed E-state index contributed by atoms with van der Waals surface area (Å²) in [6.45, 7) is 2.11. The molecule has 0 aliphatic rings. The molecule has 0 aliphatic heterocycles. The van der Waals surface area contributed by atoms with Crippen LogP contribution in [0.15, 0.2) is 47.8 Å². The van der Waals surface area contributed by atoms with Crippen LogP contribution in [0.4, 0.5) is 10.2 Å². The van der Waals surface area contributed by atoms with Gasteiger partial charge in [0.1, 0.15) is 16.5 Å². The van der Waals surface area contributed by atoms with Gasteiger partial charge in [0.05, 0.1) is 18.1 Å². The van der Waals surface area contributed by atoms with E-state index in [-0.39, 0.29) is 10.7 Å². The molecule has 0 atom stereocenters. The van der Waals surface area contributed by atoms with Crippen molar-refractivity contribution in [2.24, 2.45) is 0 Å². The van der Waals surface area contributed by atoms with Gasteiger partial charge in [-0.3, -0.25) is 0 Å². The largest absolute Gasteiger partial charge is 0.354 e. The van der Waals surface area contributed by atoms with Crippen molar-refractivity contribution in [1.82, 2.24) is 19.7 Å². The fraction of sp³-hybridized carbons (Fsp3) is 0.235. The Bertz CT molecular complexity index is 1030. The molecule has 3 rings (SSSR count). The number of hydrogen-bond acceptors (Lipinski definition) is 6. The third kappa shape index (κ3) is 3.88. The number of sulfone groups is 1. The standard InChI is InChI=1S/C17H18FN5O2S/c1-12-19-9-16(26(3,24)25)17(21-12)22(2)10-13-8-20-23(11-13)15-6-4-14(18)5-7-15/h4-9,11H,10H2,1-3H3. The fourth-order valence-corrected chi connectivity index (χ4v) is 3.28. The molecular formula is C17H18FN5O2S. The van der Waals surface area contributed by atoms with Crippen molar-refractivity contribution >= 4 is 15.7 Å². The first kappa shape index (κ1) is 18.0. The van der Waals surface area contributed by atoms with E-state index < -0.39 is 9.84 Å². The molecule has 0 bridgehead atoms. The third-order valence-electron chi connectivity index (χ3n) is 3.76. The van der Waals surface area contributed by atoms with E-state index in [2.05, 4.69) is 15.1 Å². The molecule has 26 heavy (non-hydrogen) atoms. The molecule has 136 valence electrons. The monoisotopic (exact) mass is 375 g/mol. The van der Waals surface area contributed by atoms with Gasteiger partial charge in [-0.25, -0.2) is 27.5 Å². The number of benzene rings is 1. The number of anilines is 1. The van der Waals surface area contributed by atoms with E-state index >= 15 is 0 Å². The summed E-state index contributed by atoms with van der Waals surface area (Å²) in [4.78, 5) is 10.1. The van der Waals surface area contributed by atoms with Crippen molar-refractivity contribution in [3.05, 3.63) is 60.1 Å². The molecule has 0 amide bonds. The van der Waals surface area contributed by atoms with E-state index in [1.165, 1.54) is 18.3 Å². The highest BCUT2D eigenvalue weighted by molar-refractivity contribution is 7.90. The molecule has 0 unspecified atom stereocenters. The number of halogens is 1. The van der Waals surface area contributed by atoms with Gasteiger partial charge in [-0.2, -0.15) is 5.10 Å². The molecule has 0 N–H and O–H groups in total. The molecular weight excluding hydrogens is 357 g/mol. The second-order valence-electron chi connectivity index (χ2n) is 6.00. The van der Waals surface area contributed by atoms with Crippen molar-refractivity contribution in [3.8, 4) is 5.69 Å². The Balaban J connectivity index is 1.86. The van der Waals surface area contributed by atoms with Gasteiger partial charge >= 0.3 is 0 Å². The molecule has 0 saturated heterocycles. The lowest BCUT2D eigenvalue weighted by atomic mass is 10.3. The van der Waals surface area contributed by atoms with E-state index in [0.717, 1.165) is 17.5 Å². The maximum atomic E-state index is 13.0. The van der Waals surface area contributed by atoms with Crippen LogP contribution in [0.3, 0.4) is 0 Å². The zero-order valence-electron chi connectivity index (χ0n) is 14.6. The van der Waals surface area contributed by atoms with Crippen molar-refractivity contribution < 1.29 is 12.8 Å². The highest BCUT2D eigenvalue weighted by Crippen LogP contribution is 2.23. The van der Waals surface area contributed by atoms with E-state index in [9.17, 15) is 12.8 Å². The smallest absolute Gasteiger partial charge is 0.180 e. The number of aromatic nitrogens is 4. The summed E-state index contributed by atoms with van der Waals surface area (Å²) < 4.78 is 38.6.